The number of hydrogen-bond donors (Lipinski definition) is 5. The molecule has 1 amide bonds. The number of amides is 1. The normalized spacial score (nSPS) is 20.0. The van der Waals surface area contributed by atoms with Gasteiger partial charge in [-0.2, -0.15) is 0 Å². The Morgan fingerprint density at radius 3 is 1.92 bits per heavy atom. The van der Waals surface area contributed by atoms with Crippen LogP contribution in [0.5, 0.6) is 0 Å². The van der Waals surface area contributed by atoms with Gasteiger partial charge in [0.15, 0.2) is 12.4 Å². The lowest BCUT2D eigenvalue weighted by molar-refractivity contribution is -0.147. The van der Waals surface area contributed by atoms with Crippen LogP contribution in [0.15, 0.2) is 0 Å². The lowest BCUT2D eigenvalue weighted by Gasteiger charge is -2.21. The first-order chi connectivity index (χ1) is 5.91. The van der Waals surface area contributed by atoms with Gasteiger partial charge in [0.1, 0.15) is 18.3 Å². The zero-order chi connectivity index (χ0) is 10.6. The highest BCUT2D eigenvalue weighted by atomic mass is 16.4. The van der Waals surface area contributed by atoms with Crippen LogP contribution in [0.4, 0.5) is 0 Å². The van der Waals surface area contributed by atoms with Crippen molar-refractivity contribution in [2.75, 3.05) is 0 Å². The number of rotatable bonds is 5. The summed E-state index contributed by atoms with van der Waals surface area (Å²) in [5.74, 6) is -1.26. The number of aliphatic hydroxyl groups excluding tert-OH is 4. The van der Waals surface area contributed by atoms with Crippen LogP contribution >= 0.6 is 0 Å². The molecule has 0 rings (SSSR count). The van der Waals surface area contributed by atoms with Crippen molar-refractivity contribution in [3.8, 4) is 0 Å². The van der Waals surface area contributed by atoms with E-state index in [2.05, 4.69) is 5.73 Å². The van der Waals surface area contributed by atoms with Gasteiger partial charge in [-0.05, 0) is 0 Å². The van der Waals surface area contributed by atoms with E-state index in [-0.39, 0.29) is 6.29 Å². The highest BCUT2D eigenvalue weighted by Gasteiger charge is 2.32. The van der Waals surface area contributed by atoms with Gasteiger partial charge in [0.25, 0.3) is 0 Å². The first kappa shape index (κ1) is 12.0. The van der Waals surface area contributed by atoms with E-state index >= 15 is 0 Å². The zero-order valence-electron chi connectivity index (χ0n) is 6.57. The third kappa shape index (κ3) is 3.07. The Labute approximate surface area is 73.4 Å². The summed E-state index contributed by atoms with van der Waals surface area (Å²) in [6, 6.07) is 0. The summed E-state index contributed by atoms with van der Waals surface area (Å²) in [4.78, 5) is 20.2. The van der Waals surface area contributed by atoms with Crippen LogP contribution in [0.2, 0.25) is 0 Å². The average Bonchev–Trinajstić information content (AvgIpc) is 2.12. The Hall–Kier alpha value is -1.02. The summed E-state index contributed by atoms with van der Waals surface area (Å²) in [6.45, 7) is 0. The van der Waals surface area contributed by atoms with Gasteiger partial charge in [0.2, 0.25) is 5.91 Å². The van der Waals surface area contributed by atoms with Crippen LogP contribution in [0.3, 0.4) is 0 Å². The van der Waals surface area contributed by atoms with E-state index in [4.69, 9.17) is 20.4 Å². The number of hydrogen-bond acceptors (Lipinski definition) is 6. The molecule has 0 saturated heterocycles. The fourth-order valence-corrected chi connectivity index (χ4v) is 0.638. The molecule has 0 unspecified atom stereocenters. The molecule has 0 radical (unpaired) electrons. The van der Waals surface area contributed by atoms with E-state index in [0.717, 1.165) is 0 Å². The van der Waals surface area contributed by atoms with Gasteiger partial charge < -0.3 is 31.0 Å². The molecule has 0 aromatic carbocycles. The summed E-state index contributed by atoms with van der Waals surface area (Å²) in [5, 5.41) is 35.3. The highest BCUT2D eigenvalue weighted by molar-refractivity contribution is 5.79. The van der Waals surface area contributed by atoms with Crippen molar-refractivity contribution in [3.63, 3.8) is 0 Å². The Morgan fingerprint density at radius 1 is 1.15 bits per heavy atom. The number of carbonyl (C=O) groups is 2. The Balaban J connectivity index is 4.32. The van der Waals surface area contributed by atoms with Gasteiger partial charge in [-0.15, -0.1) is 0 Å². The second kappa shape index (κ2) is 4.87. The van der Waals surface area contributed by atoms with Crippen molar-refractivity contribution in [3.05, 3.63) is 0 Å². The largest absolute Gasteiger partial charge is 0.387 e. The minimum absolute atomic E-state index is 0.0401. The molecule has 4 atom stereocenters. The highest BCUT2D eigenvalue weighted by Crippen LogP contribution is 2.03. The van der Waals surface area contributed by atoms with Gasteiger partial charge in [-0.1, -0.05) is 0 Å². The third-order valence-electron chi connectivity index (χ3n) is 1.45. The molecule has 7 heteroatoms. The minimum atomic E-state index is -2.02. The first-order valence-corrected chi connectivity index (χ1v) is 3.38. The molecule has 0 spiro atoms. The van der Waals surface area contributed by atoms with E-state index in [1.54, 1.807) is 0 Å². The van der Waals surface area contributed by atoms with Crippen molar-refractivity contribution in [2.45, 2.75) is 24.4 Å². The van der Waals surface area contributed by atoms with Crippen LogP contribution in [0.25, 0.3) is 0 Å². The molecule has 0 bridgehead atoms. The molecule has 13 heavy (non-hydrogen) atoms. The van der Waals surface area contributed by atoms with Gasteiger partial charge in [-0.25, -0.2) is 0 Å². The Kier molecular flexibility index (Phi) is 4.49. The summed E-state index contributed by atoms with van der Waals surface area (Å²) in [5.41, 5.74) is 4.59. The SMILES string of the molecule is NC(=O)[C@@H](O)[C@H](O)[C@@H](O)[C@@H](O)C=O. The van der Waals surface area contributed by atoms with Crippen molar-refractivity contribution in [1.29, 1.82) is 0 Å². The molecule has 0 aliphatic carbocycles. The Morgan fingerprint density at radius 2 is 1.62 bits per heavy atom. The van der Waals surface area contributed by atoms with E-state index in [1.807, 2.05) is 0 Å². The van der Waals surface area contributed by atoms with Gasteiger partial charge in [-0.3, -0.25) is 4.79 Å². The first-order valence-electron chi connectivity index (χ1n) is 3.38. The molecular weight excluding hydrogens is 182 g/mol. The molecular formula is C6H11NO6. The summed E-state index contributed by atoms with van der Waals surface area (Å²) >= 11 is 0. The van der Waals surface area contributed by atoms with Crippen LogP contribution in [0.1, 0.15) is 0 Å². The smallest absolute Gasteiger partial charge is 0.249 e. The second-order valence-electron chi connectivity index (χ2n) is 2.46. The summed E-state index contributed by atoms with van der Waals surface area (Å²) in [6.07, 6.45) is -7.87. The zero-order valence-corrected chi connectivity index (χ0v) is 6.57. The minimum Gasteiger partial charge on any atom is -0.387 e. The molecule has 6 N–H and O–H groups in total. The van der Waals surface area contributed by atoms with Gasteiger partial charge >= 0.3 is 0 Å². The standard InChI is InChI=1S/C6H11NO6/c7-6(13)5(12)4(11)3(10)2(9)1-8/h1-5,9-12H,(H2,7,13)/t2-,3-,4+,5-/m0/s1. The van der Waals surface area contributed by atoms with Crippen LogP contribution in [-0.4, -0.2) is 57.0 Å². The predicted octanol–water partition coefficient (Wildman–Crippen LogP) is -3.89. The topological polar surface area (TPSA) is 141 Å². The van der Waals surface area contributed by atoms with Crippen molar-refractivity contribution >= 4 is 12.2 Å². The fourth-order valence-electron chi connectivity index (χ4n) is 0.638. The molecule has 0 aliphatic heterocycles. The van der Waals surface area contributed by atoms with Crippen molar-refractivity contribution in [2.24, 2.45) is 5.73 Å². The third-order valence-corrected chi connectivity index (χ3v) is 1.45. The molecule has 76 valence electrons. The van der Waals surface area contributed by atoms with E-state index in [0.29, 0.717) is 0 Å². The predicted molar refractivity (Wildman–Crippen MR) is 39.3 cm³/mol. The van der Waals surface area contributed by atoms with Gasteiger partial charge in [0.05, 0.1) is 0 Å². The number of primary amides is 1. The number of carbonyl (C=O) groups excluding carboxylic acids is 2. The Bertz CT molecular complexity index is 196. The number of aliphatic hydroxyl groups is 4. The molecule has 0 heterocycles. The summed E-state index contributed by atoms with van der Waals surface area (Å²) < 4.78 is 0. The lowest BCUT2D eigenvalue weighted by atomic mass is 10.0. The molecule has 0 aromatic heterocycles. The molecule has 0 saturated carbocycles. The molecule has 0 aromatic rings. The lowest BCUT2D eigenvalue weighted by Crippen LogP contribution is -2.49. The van der Waals surface area contributed by atoms with Crippen LogP contribution < -0.4 is 5.73 Å². The maximum absolute atomic E-state index is 10.3. The van der Waals surface area contributed by atoms with Crippen molar-refractivity contribution in [1.82, 2.24) is 0 Å². The van der Waals surface area contributed by atoms with Crippen molar-refractivity contribution < 1.29 is 30.0 Å². The molecule has 7 nitrogen and oxygen atoms in total. The van der Waals surface area contributed by atoms with Gasteiger partial charge in [0, 0.05) is 0 Å². The maximum Gasteiger partial charge on any atom is 0.249 e. The number of aldehydes is 1. The van der Waals surface area contributed by atoms with E-state index in [9.17, 15) is 9.59 Å². The second-order valence-corrected chi connectivity index (χ2v) is 2.46. The van der Waals surface area contributed by atoms with Crippen LogP contribution in [-0.2, 0) is 9.59 Å². The van der Waals surface area contributed by atoms with Crippen LogP contribution in [0, 0.1) is 0 Å². The monoisotopic (exact) mass is 193 g/mol. The molecule has 0 aliphatic rings. The molecule has 0 fully saturated rings. The quantitative estimate of drug-likeness (QED) is 0.283. The van der Waals surface area contributed by atoms with E-state index in [1.165, 1.54) is 0 Å². The maximum atomic E-state index is 10.3. The average molecular weight is 193 g/mol. The van der Waals surface area contributed by atoms with E-state index < -0.39 is 30.3 Å². The number of nitrogens with two attached hydrogens (primary N) is 1. The fraction of sp³-hybridized carbons (Fsp3) is 0.667. The summed E-state index contributed by atoms with van der Waals surface area (Å²) in [7, 11) is 0.